The molecule has 0 atom stereocenters. The van der Waals surface area contributed by atoms with Gasteiger partial charge in [-0.25, -0.2) is 9.69 Å². The van der Waals surface area contributed by atoms with Crippen molar-refractivity contribution in [3.8, 4) is 17.2 Å². The van der Waals surface area contributed by atoms with E-state index in [9.17, 15) is 9.59 Å². The number of hydrogen-bond donors (Lipinski definition) is 0. The molecular weight excluding hydrogens is 454 g/mol. The van der Waals surface area contributed by atoms with Crippen molar-refractivity contribution in [2.45, 2.75) is 0 Å². The Balaban J connectivity index is 1.59. The van der Waals surface area contributed by atoms with Crippen molar-refractivity contribution >= 4 is 29.3 Å². The number of amides is 1. The molecule has 4 rings (SSSR count). The fourth-order valence-electron chi connectivity index (χ4n) is 3.62. The molecule has 0 bridgehead atoms. The van der Waals surface area contributed by atoms with Gasteiger partial charge in [-0.1, -0.05) is 54.6 Å². The number of ketones is 1. The topological polar surface area (TPSA) is 65.1 Å². The fourth-order valence-corrected chi connectivity index (χ4v) is 3.62. The summed E-state index contributed by atoms with van der Waals surface area (Å²) in [6, 6.07) is 30.5. The molecular formula is C30H25NO5. The maximum Gasteiger partial charge on any atom is 0.424 e. The third-order valence-electron chi connectivity index (χ3n) is 5.42. The summed E-state index contributed by atoms with van der Waals surface area (Å²) in [5.74, 6) is 1.06. The van der Waals surface area contributed by atoms with Crippen molar-refractivity contribution in [1.82, 2.24) is 0 Å². The summed E-state index contributed by atoms with van der Waals surface area (Å²) in [5.41, 5.74) is 2.31. The van der Waals surface area contributed by atoms with E-state index in [1.165, 1.54) is 18.1 Å². The molecule has 0 saturated carbocycles. The smallest absolute Gasteiger partial charge is 0.424 e. The minimum absolute atomic E-state index is 0.258. The van der Waals surface area contributed by atoms with Crippen LogP contribution < -0.4 is 19.1 Å². The fraction of sp³-hybridized carbons (Fsp3) is 0.0667. The molecule has 0 aliphatic heterocycles. The second-order valence-corrected chi connectivity index (χ2v) is 7.68. The number of methoxy groups -OCH3 is 2. The van der Waals surface area contributed by atoms with Gasteiger partial charge in [-0.2, -0.15) is 0 Å². The monoisotopic (exact) mass is 479 g/mol. The summed E-state index contributed by atoms with van der Waals surface area (Å²) in [6.45, 7) is 0. The van der Waals surface area contributed by atoms with E-state index in [4.69, 9.17) is 14.2 Å². The van der Waals surface area contributed by atoms with Crippen LogP contribution in [0.5, 0.6) is 17.2 Å². The molecule has 0 heterocycles. The number of carbonyl (C=O) groups excluding carboxylic acids is 2. The standard InChI is InChI=1S/C30H25NO5/c1-34-25-18-19-26(29(21-25)35-2)27(32)20-17-22-11-9-10-16-28(22)36-30(33)31(23-12-5-3-6-13-23)24-14-7-4-8-15-24/h3-21H,1-2H3/b20-17+. The van der Waals surface area contributed by atoms with Gasteiger partial charge in [-0.05, 0) is 54.6 Å². The van der Waals surface area contributed by atoms with Gasteiger partial charge in [0.15, 0.2) is 5.78 Å². The van der Waals surface area contributed by atoms with E-state index in [1.807, 2.05) is 66.7 Å². The predicted octanol–water partition coefficient (Wildman–Crippen LogP) is 6.94. The molecule has 6 heteroatoms. The average Bonchev–Trinajstić information content (AvgIpc) is 2.93. The number of hydrogen-bond acceptors (Lipinski definition) is 5. The van der Waals surface area contributed by atoms with Crippen LogP contribution in [0.15, 0.2) is 109 Å². The lowest BCUT2D eigenvalue weighted by molar-refractivity contribution is 0.104. The van der Waals surface area contributed by atoms with Gasteiger partial charge in [0, 0.05) is 11.6 Å². The van der Waals surface area contributed by atoms with Crippen LogP contribution in [-0.4, -0.2) is 26.1 Å². The first-order valence-electron chi connectivity index (χ1n) is 11.3. The molecule has 6 nitrogen and oxygen atoms in total. The van der Waals surface area contributed by atoms with E-state index < -0.39 is 6.09 Å². The third-order valence-corrected chi connectivity index (χ3v) is 5.42. The van der Waals surface area contributed by atoms with E-state index in [2.05, 4.69) is 0 Å². The highest BCUT2D eigenvalue weighted by Crippen LogP contribution is 2.29. The van der Waals surface area contributed by atoms with Crippen molar-refractivity contribution in [2.75, 3.05) is 19.1 Å². The molecule has 36 heavy (non-hydrogen) atoms. The highest BCUT2D eigenvalue weighted by Gasteiger charge is 2.21. The Bertz CT molecular complexity index is 1330. The minimum Gasteiger partial charge on any atom is -0.497 e. The van der Waals surface area contributed by atoms with Crippen molar-refractivity contribution in [2.24, 2.45) is 0 Å². The van der Waals surface area contributed by atoms with Crippen LogP contribution in [-0.2, 0) is 0 Å². The number of benzene rings is 4. The van der Waals surface area contributed by atoms with Gasteiger partial charge in [-0.15, -0.1) is 0 Å². The Hall–Kier alpha value is -4.84. The summed E-state index contributed by atoms with van der Waals surface area (Å²) in [6.07, 6.45) is 2.46. The molecule has 4 aromatic carbocycles. The van der Waals surface area contributed by atoms with Gasteiger partial charge in [0.05, 0.1) is 31.2 Å². The molecule has 0 aliphatic carbocycles. The lowest BCUT2D eigenvalue weighted by Crippen LogP contribution is -2.29. The van der Waals surface area contributed by atoms with Crippen molar-refractivity contribution in [3.63, 3.8) is 0 Å². The van der Waals surface area contributed by atoms with Crippen molar-refractivity contribution in [3.05, 3.63) is 120 Å². The molecule has 0 radical (unpaired) electrons. The minimum atomic E-state index is -0.573. The zero-order valence-corrected chi connectivity index (χ0v) is 20.0. The highest BCUT2D eigenvalue weighted by molar-refractivity contribution is 6.09. The molecule has 180 valence electrons. The van der Waals surface area contributed by atoms with Crippen LogP contribution in [0.25, 0.3) is 6.08 Å². The van der Waals surface area contributed by atoms with Crippen LogP contribution in [0.2, 0.25) is 0 Å². The highest BCUT2D eigenvalue weighted by atomic mass is 16.6. The van der Waals surface area contributed by atoms with Crippen LogP contribution in [0, 0.1) is 0 Å². The molecule has 0 N–H and O–H groups in total. The molecule has 4 aromatic rings. The molecule has 0 unspecified atom stereocenters. The number of anilines is 2. The van der Waals surface area contributed by atoms with E-state index in [-0.39, 0.29) is 5.78 Å². The normalized spacial score (nSPS) is 10.6. The van der Waals surface area contributed by atoms with Crippen LogP contribution in [0.1, 0.15) is 15.9 Å². The molecule has 1 amide bonds. The summed E-state index contributed by atoms with van der Waals surface area (Å²) in [4.78, 5) is 27.7. The summed E-state index contributed by atoms with van der Waals surface area (Å²) in [5, 5.41) is 0. The SMILES string of the molecule is COc1ccc(C(=O)/C=C/c2ccccc2OC(=O)N(c2ccccc2)c2ccccc2)c(OC)c1. The lowest BCUT2D eigenvalue weighted by atomic mass is 10.1. The summed E-state index contributed by atoms with van der Waals surface area (Å²) < 4.78 is 16.3. The van der Waals surface area contributed by atoms with Gasteiger partial charge >= 0.3 is 6.09 Å². The Labute approximate surface area is 210 Å². The van der Waals surface area contributed by atoms with E-state index in [1.54, 1.807) is 49.6 Å². The van der Waals surface area contributed by atoms with E-state index in [0.717, 1.165) is 0 Å². The van der Waals surface area contributed by atoms with Gasteiger partial charge in [-0.3, -0.25) is 4.79 Å². The van der Waals surface area contributed by atoms with Crippen molar-refractivity contribution in [1.29, 1.82) is 0 Å². The van der Waals surface area contributed by atoms with Crippen LogP contribution in [0.3, 0.4) is 0 Å². The number of rotatable bonds is 8. The second-order valence-electron chi connectivity index (χ2n) is 7.68. The Morgan fingerprint density at radius 2 is 1.31 bits per heavy atom. The first-order chi connectivity index (χ1) is 17.6. The number of allylic oxidation sites excluding steroid dienone is 1. The number of para-hydroxylation sites is 3. The number of nitrogens with zero attached hydrogens (tertiary/aromatic N) is 1. The van der Waals surface area contributed by atoms with Gasteiger partial charge in [0.2, 0.25) is 0 Å². The van der Waals surface area contributed by atoms with Gasteiger partial charge in [0.1, 0.15) is 17.2 Å². The summed E-state index contributed by atoms with van der Waals surface area (Å²) >= 11 is 0. The predicted molar refractivity (Wildman–Crippen MR) is 140 cm³/mol. The quantitative estimate of drug-likeness (QED) is 0.202. The Kier molecular flexibility index (Phi) is 7.78. The van der Waals surface area contributed by atoms with Gasteiger partial charge in [0.25, 0.3) is 0 Å². The van der Waals surface area contributed by atoms with E-state index in [0.29, 0.717) is 39.8 Å². The molecule has 0 spiro atoms. The first-order valence-corrected chi connectivity index (χ1v) is 11.3. The molecule has 0 saturated heterocycles. The lowest BCUT2D eigenvalue weighted by Gasteiger charge is -2.22. The zero-order valence-electron chi connectivity index (χ0n) is 20.0. The van der Waals surface area contributed by atoms with Gasteiger partial charge < -0.3 is 14.2 Å². The van der Waals surface area contributed by atoms with Crippen LogP contribution in [0.4, 0.5) is 16.2 Å². The molecule has 0 aliphatic rings. The molecule has 0 aromatic heterocycles. The number of ether oxygens (including phenoxy) is 3. The Morgan fingerprint density at radius 3 is 1.92 bits per heavy atom. The number of carbonyl (C=O) groups is 2. The average molecular weight is 480 g/mol. The Morgan fingerprint density at radius 1 is 0.694 bits per heavy atom. The zero-order chi connectivity index (χ0) is 25.3. The first kappa shape index (κ1) is 24.3. The van der Waals surface area contributed by atoms with Crippen LogP contribution >= 0.6 is 0 Å². The third kappa shape index (κ3) is 5.62. The molecule has 0 fully saturated rings. The maximum atomic E-state index is 13.4. The maximum absolute atomic E-state index is 13.4. The van der Waals surface area contributed by atoms with E-state index >= 15 is 0 Å². The summed E-state index contributed by atoms with van der Waals surface area (Å²) in [7, 11) is 3.04. The van der Waals surface area contributed by atoms with Crippen molar-refractivity contribution < 1.29 is 23.8 Å². The largest absolute Gasteiger partial charge is 0.497 e. The second kappa shape index (κ2) is 11.5.